The van der Waals surface area contributed by atoms with Crippen LogP contribution in [-0.4, -0.2) is 21.0 Å². The molecule has 0 saturated heterocycles. The van der Waals surface area contributed by atoms with Crippen LogP contribution >= 0.6 is 11.8 Å². The maximum Gasteiger partial charge on any atom is 0.371 e. The number of carboxylic acids is 1. The monoisotopic (exact) mass is 236 g/mol. The van der Waals surface area contributed by atoms with Crippen molar-refractivity contribution in [3.8, 4) is 0 Å². The van der Waals surface area contributed by atoms with E-state index in [1.807, 2.05) is 0 Å². The topological polar surface area (TPSA) is 76.2 Å². The van der Waals surface area contributed by atoms with Crippen molar-refractivity contribution in [2.45, 2.75) is 10.6 Å². The third-order valence-corrected chi connectivity index (χ3v) is 2.76. The van der Waals surface area contributed by atoms with Gasteiger partial charge in [-0.25, -0.2) is 14.8 Å². The van der Waals surface area contributed by atoms with Crippen LogP contribution in [0.15, 0.2) is 40.2 Å². The molecule has 0 atom stereocenters. The highest BCUT2D eigenvalue weighted by atomic mass is 32.2. The summed E-state index contributed by atoms with van der Waals surface area (Å²) in [6, 6.07) is 3.10. The van der Waals surface area contributed by atoms with E-state index in [1.165, 1.54) is 24.2 Å². The minimum atomic E-state index is -1.06. The quantitative estimate of drug-likeness (QED) is 0.819. The molecule has 2 heterocycles. The van der Waals surface area contributed by atoms with Crippen molar-refractivity contribution < 1.29 is 14.3 Å². The average molecular weight is 236 g/mol. The van der Waals surface area contributed by atoms with Gasteiger partial charge >= 0.3 is 5.97 Å². The first-order valence-corrected chi connectivity index (χ1v) is 5.44. The Morgan fingerprint density at radius 3 is 2.75 bits per heavy atom. The second-order valence-electron chi connectivity index (χ2n) is 2.93. The summed E-state index contributed by atoms with van der Waals surface area (Å²) < 4.78 is 5.11. The molecular formula is C10H8N2O3S. The van der Waals surface area contributed by atoms with E-state index in [0.29, 0.717) is 11.5 Å². The fourth-order valence-corrected chi connectivity index (χ4v) is 1.82. The highest BCUT2D eigenvalue weighted by Crippen LogP contribution is 2.22. The number of thioether (sulfide) groups is 1. The standard InChI is InChI=1S/C10H8N2O3S/c13-10(14)9-2-1-7(15-9)5-16-8-3-11-6-12-4-8/h1-4,6H,5H2,(H,13,14). The summed E-state index contributed by atoms with van der Waals surface area (Å²) in [5, 5.41) is 8.66. The second kappa shape index (κ2) is 4.80. The van der Waals surface area contributed by atoms with Gasteiger partial charge in [0.15, 0.2) is 0 Å². The number of aromatic nitrogens is 2. The van der Waals surface area contributed by atoms with Crippen LogP contribution in [0.3, 0.4) is 0 Å². The van der Waals surface area contributed by atoms with Crippen LogP contribution in [0.25, 0.3) is 0 Å². The third-order valence-electron chi connectivity index (χ3n) is 1.79. The predicted molar refractivity (Wildman–Crippen MR) is 57.3 cm³/mol. The Hall–Kier alpha value is -1.82. The molecule has 0 aromatic carbocycles. The minimum Gasteiger partial charge on any atom is -0.475 e. The summed E-state index contributed by atoms with van der Waals surface area (Å²) in [7, 11) is 0. The molecule has 6 heteroatoms. The van der Waals surface area contributed by atoms with Crippen molar-refractivity contribution in [3.05, 3.63) is 42.4 Å². The number of nitrogens with zero attached hydrogens (tertiary/aromatic N) is 2. The maximum absolute atomic E-state index is 10.6. The van der Waals surface area contributed by atoms with Crippen LogP contribution < -0.4 is 0 Å². The number of furan rings is 1. The highest BCUT2D eigenvalue weighted by Gasteiger charge is 2.08. The molecule has 2 aromatic rings. The van der Waals surface area contributed by atoms with Crippen LogP contribution in [0.5, 0.6) is 0 Å². The number of carbonyl (C=O) groups is 1. The van der Waals surface area contributed by atoms with Gasteiger partial charge < -0.3 is 9.52 Å². The van der Waals surface area contributed by atoms with Gasteiger partial charge in [0.2, 0.25) is 5.76 Å². The number of hydrogen-bond acceptors (Lipinski definition) is 5. The molecule has 0 amide bonds. The highest BCUT2D eigenvalue weighted by molar-refractivity contribution is 7.98. The van der Waals surface area contributed by atoms with Crippen molar-refractivity contribution in [1.82, 2.24) is 9.97 Å². The summed E-state index contributed by atoms with van der Waals surface area (Å²) in [4.78, 5) is 19.2. The molecule has 0 saturated carbocycles. The Morgan fingerprint density at radius 1 is 1.38 bits per heavy atom. The SMILES string of the molecule is O=C(O)c1ccc(CSc2cncnc2)o1. The fraction of sp³-hybridized carbons (Fsp3) is 0.100. The lowest BCUT2D eigenvalue weighted by Gasteiger charge is -1.96. The average Bonchev–Trinajstić information content (AvgIpc) is 2.76. The summed E-state index contributed by atoms with van der Waals surface area (Å²) >= 11 is 1.49. The molecule has 0 radical (unpaired) electrons. The molecule has 0 spiro atoms. The van der Waals surface area contributed by atoms with Gasteiger partial charge in [0.1, 0.15) is 12.1 Å². The summed E-state index contributed by atoms with van der Waals surface area (Å²) in [5.74, 6) is 0.0751. The Kier molecular flexibility index (Phi) is 3.21. The largest absolute Gasteiger partial charge is 0.475 e. The van der Waals surface area contributed by atoms with Gasteiger partial charge in [-0.05, 0) is 12.1 Å². The lowest BCUT2D eigenvalue weighted by Crippen LogP contribution is -1.91. The van der Waals surface area contributed by atoms with Crippen molar-refractivity contribution in [3.63, 3.8) is 0 Å². The molecule has 0 unspecified atom stereocenters. The molecule has 2 rings (SSSR count). The number of aromatic carboxylic acids is 1. The molecule has 82 valence electrons. The number of carboxylic acid groups (broad SMARTS) is 1. The lowest BCUT2D eigenvalue weighted by molar-refractivity contribution is 0.0661. The van der Waals surface area contributed by atoms with E-state index in [0.717, 1.165) is 4.90 Å². The van der Waals surface area contributed by atoms with Crippen molar-refractivity contribution in [2.24, 2.45) is 0 Å². The Bertz CT molecular complexity index is 484. The van der Waals surface area contributed by atoms with Crippen molar-refractivity contribution in [2.75, 3.05) is 0 Å². The van der Waals surface area contributed by atoms with E-state index in [9.17, 15) is 4.79 Å². The summed E-state index contributed by atoms with van der Waals surface area (Å²) in [6.45, 7) is 0. The van der Waals surface area contributed by atoms with E-state index >= 15 is 0 Å². The van der Waals surface area contributed by atoms with Crippen LogP contribution in [0.1, 0.15) is 16.3 Å². The zero-order chi connectivity index (χ0) is 11.4. The van der Waals surface area contributed by atoms with E-state index in [2.05, 4.69) is 9.97 Å². The smallest absolute Gasteiger partial charge is 0.371 e. The molecule has 0 aliphatic carbocycles. The molecule has 2 aromatic heterocycles. The van der Waals surface area contributed by atoms with Crippen molar-refractivity contribution >= 4 is 17.7 Å². The van der Waals surface area contributed by atoms with Gasteiger partial charge in [-0.2, -0.15) is 0 Å². The van der Waals surface area contributed by atoms with Crippen LogP contribution in [0, 0.1) is 0 Å². The molecular weight excluding hydrogens is 228 g/mol. The fourth-order valence-electron chi connectivity index (χ4n) is 1.08. The normalized spacial score (nSPS) is 10.2. The van der Waals surface area contributed by atoms with Gasteiger partial charge in [-0.3, -0.25) is 0 Å². The zero-order valence-corrected chi connectivity index (χ0v) is 8.98. The molecule has 0 aliphatic rings. The predicted octanol–water partition coefficient (Wildman–Crippen LogP) is 2.06. The van der Waals surface area contributed by atoms with E-state index in [4.69, 9.17) is 9.52 Å². The molecule has 1 N–H and O–H groups in total. The van der Waals surface area contributed by atoms with E-state index in [1.54, 1.807) is 18.5 Å². The zero-order valence-electron chi connectivity index (χ0n) is 8.16. The molecule has 5 nitrogen and oxygen atoms in total. The summed E-state index contributed by atoms with van der Waals surface area (Å²) in [5.41, 5.74) is 0. The summed E-state index contributed by atoms with van der Waals surface area (Å²) in [6.07, 6.45) is 4.84. The Morgan fingerprint density at radius 2 is 2.12 bits per heavy atom. The number of rotatable bonds is 4. The molecule has 0 aliphatic heterocycles. The minimum absolute atomic E-state index is 0.0417. The molecule has 0 bridgehead atoms. The first-order chi connectivity index (χ1) is 7.75. The van der Waals surface area contributed by atoms with Crippen LogP contribution in [0.4, 0.5) is 0 Å². The van der Waals surface area contributed by atoms with E-state index < -0.39 is 5.97 Å². The van der Waals surface area contributed by atoms with Gasteiger partial charge in [-0.15, -0.1) is 11.8 Å². The molecule has 0 fully saturated rings. The van der Waals surface area contributed by atoms with Gasteiger partial charge in [-0.1, -0.05) is 0 Å². The maximum atomic E-state index is 10.6. The first-order valence-electron chi connectivity index (χ1n) is 4.45. The number of hydrogen-bond donors (Lipinski definition) is 1. The third kappa shape index (κ3) is 2.60. The first kappa shape index (κ1) is 10.7. The van der Waals surface area contributed by atoms with Gasteiger partial charge in [0, 0.05) is 17.3 Å². The van der Waals surface area contributed by atoms with Crippen LogP contribution in [-0.2, 0) is 5.75 Å². The van der Waals surface area contributed by atoms with E-state index in [-0.39, 0.29) is 5.76 Å². The van der Waals surface area contributed by atoms with Gasteiger partial charge in [0.05, 0.1) is 5.75 Å². The Labute approximate surface area is 95.5 Å². The van der Waals surface area contributed by atoms with Gasteiger partial charge in [0.25, 0.3) is 0 Å². The van der Waals surface area contributed by atoms with Crippen molar-refractivity contribution in [1.29, 1.82) is 0 Å². The van der Waals surface area contributed by atoms with Crippen LogP contribution in [0.2, 0.25) is 0 Å². The Balaban J connectivity index is 1.97. The lowest BCUT2D eigenvalue weighted by atomic mass is 10.4. The second-order valence-corrected chi connectivity index (χ2v) is 3.98. The molecule has 16 heavy (non-hydrogen) atoms.